The zero-order valence-corrected chi connectivity index (χ0v) is 12.1. The second-order valence-corrected chi connectivity index (χ2v) is 5.62. The number of carbonyl (C=O) groups is 1. The fourth-order valence-corrected chi connectivity index (χ4v) is 2.71. The van der Waals surface area contributed by atoms with Crippen molar-refractivity contribution in [2.75, 3.05) is 13.7 Å². The summed E-state index contributed by atoms with van der Waals surface area (Å²) in [4.78, 5) is 11.0. The quantitative estimate of drug-likeness (QED) is 0.850. The van der Waals surface area contributed by atoms with Gasteiger partial charge in [0.15, 0.2) is 0 Å². The van der Waals surface area contributed by atoms with Gasteiger partial charge in [0.05, 0.1) is 13.5 Å². The van der Waals surface area contributed by atoms with Crippen molar-refractivity contribution in [1.29, 1.82) is 0 Å². The third-order valence-electron chi connectivity index (χ3n) is 3.45. The Morgan fingerprint density at radius 3 is 2.94 bits per heavy atom. The van der Waals surface area contributed by atoms with Crippen LogP contribution in [0.2, 0.25) is 0 Å². The molecular formula is C14H18BrNO2. The zero-order chi connectivity index (χ0) is 13.0. The van der Waals surface area contributed by atoms with Crippen LogP contribution in [-0.2, 0) is 9.53 Å². The Balaban J connectivity index is 1.69. The van der Waals surface area contributed by atoms with E-state index >= 15 is 0 Å². The number of ether oxygens (including phenoxy) is 1. The second kappa shape index (κ2) is 6.34. The molecule has 1 fully saturated rings. The van der Waals surface area contributed by atoms with Crippen LogP contribution in [0.5, 0.6) is 0 Å². The van der Waals surface area contributed by atoms with Gasteiger partial charge < -0.3 is 10.1 Å². The van der Waals surface area contributed by atoms with Crippen molar-refractivity contribution < 1.29 is 9.53 Å². The van der Waals surface area contributed by atoms with E-state index in [0.29, 0.717) is 24.9 Å². The number of halogens is 1. The van der Waals surface area contributed by atoms with Crippen molar-refractivity contribution in [3.63, 3.8) is 0 Å². The lowest BCUT2D eigenvalue weighted by molar-refractivity contribution is -0.140. The van der Waals surface area contributed by atoms with E-state index in [1.165, 1.54) is 12.7 Å². The van der Waals surface area contributed by atoms with Gasteiger partial charge in [-0.15, -0.1) is 0 Å². The molecule has 2 rings (SSSR count). The van der Waals surface area contributed by atoms with E-state index in [0.717, 1.165) is 17.3 Å². The molecule has 1 aromatic carbocycles. The molecule has 1 N–H and O–H groups in total. The van der Waals surface area contributed by atoms with Gasteiger partial charge in [-0.1, -0.05) is 28.1 Å². The predicted molar refractivity (Wildman–Crippen MR) is 74.5 cm³/mol. The fraction of sp³-hybridized carbons (Fsp3) is 0.500. The number of esters is 1. The average molecular weight is 312 g/mol. The van der Waals surface area contributed by atoms with Crippen LogP contribution in [-0.4, -0.2) is 25.7 Å². The molecule has 0 atom stereocenters. The first-order valence-electron chi connectivity index (χ1n) is 6.24. The maximum atomic E-state index is 11.0. The van der Waals surface area contributed by atoms with E-state index in [-0.39, 0.29) is 5.97 Å². The molecule has 0 aromatic heterocycles. The van der Waals surface area contributed by atoms with Gasteiger partial charge in [-0.25, -0.2) is 0 Å². The van der Waals surface area contributed by atoms with Crippen molar-refractivity contribution >= 4 is 21.9 Å². The first-order chi connectivity index (χ1) is 8.69. The molecule has 0 aliphatic heterocycles. The Morgan fingerprint density at radius 1 is 1.50 bits per heavy atom. The van der Waals surface area contributed by atoms with Crippen LogP contribution in [0, 0.1) is 0 Å². The zero-order valence-electron chi connectivity index (χ0n) is 10.5. The Bertz CT molecular complexity index is 416. The van der Waals surface area contributed by atoms with E-state index in [9.17, 15) is 4.79 Å². The first kappa shape index (κ1) is 13.6. The number of methoxy groups -OCH3 is 1. The molecule has 98 valence electrons. The molecule has 0 amide bonds. The van der Waals surface area contributed by atoms with E-state index in [1.54, 1.807) is 0 Å². The average Bonchev–Trinajstić information content (AvgIpc) is 2.31. The maximum Gasteiger partial charge on any atom is 0.306 e. The summed E-state index contributed by atoms with van der Waals surface area (Å²) < 4.78 is 5.74. The summed E-state index contributed by atoms with van der Waals surface area (Å²) >= 11 is 3.50. The third-order valence-corrected chi connectivity index (χ3v) is 3.94. The summed E-state index contributed by atoms with van der Waals surface area (Å²) in [7, 11) is 1.43. The largest absolute Gasteiger partial charge is 0.469 e. The molecular weight excluding hydrogens is 294 g/mol. The molecule has 0 bridgehead atoms. The molecule has 0 spiro atoms. The summed E-state index contributed by atoms with van der Waals surface area (Å²) in [5, 5.41) is 3.39. The van der Waals surface area contributed by atoms with Gasteiger partial charge in [0, 0.05) is 17.1 Å². The molecule has 0 unspecified atom stereocenters. The van der Waals surface area contributed by atoms with Crippen LogP contribution in [0.1, 0.15) is 30.7 Å². The maximum absolute atomic E-state index is 11.0. The Kier molecular flexibility index (Phi) is 4.78. The lowest BCUT2D eigenvalue weighted by atomic mass is 9.76. The van der Waals surface area contributed by atoms with Crippen LogP contribution in [0.3, 0.4) is 0 Å². The summed E-state index contributed by atoms with van der Waals surface area (Å²) in [6.07, 6.45) is 2.75. The molecule has 1 aromatic rings. The first-order valence-corrected chi connectivity index (χ1v) is 7.04. The summed E-state index contributed by atoms with van der Waals surface area (Å²) in [5.41, 5.74) is 1.40. The number of hydrogen-bond acceptors (Lipinski definition) is 3. The van der Waals surface area contributed by atoms with Gasteiger partial charge in [0.1, 0.15) is 0 Å². The lowest BCUT2D eigenvalue weighted by Gasteiger charge is -2.36. The summed E-state index contributed by atoms with van der Waals surface area (Å²) in [6, 6.07) is 9.04. The standard InChI is InChI=1S/C14H18BrNO2/c1-18-14(17)5-6-16-13-8-11(9-13)10-3-2-4-12(15)7-10/h2-4,7,11,13,16H,5-6,8-9H2,1H3. The van der Waals surface area contributed by atoms with Crippen LogP contribution < -0.4 is 5.32 Å². The molecule has 1 aliphatic carbocycles. The van der Waals surface area contributed by atoms with Crippen LogP contribution in [0.4, 0.5) is 0 Å². The van der Waals surface area contributed by atoms with Crippen molar-refractivity contribution in [1.82, 2.24) is 5.32 Å². The summed E-state index contributed by atoms with van der Waals surface area (Å²) in [6.45, 7) is 0.711. The molecule has 0 radical (unpaired) electrons. The lowest BCUT2D eigenvalue weighted by Crippen LogP contribution is -2.41. The molecule has 1 aliphatic rings. The minimum absolute atomic E-state index is 0.148. The fourth-order valence-electron chi connectivity index (χ4n) is 2.30. The van der Waals surface area contributed by atoms with Crippen LogP contribution in [0.15, 0.2) is 28.7 Å². The van der Waals surface area contributed by atoms with Crippen LogP contribution in [0.25, 0.3) is 0 Å². The molecule has 3 nitrogen and oxygen atoms in total. The predicted octanol–water partition coefficient (Wildman–Crippen LogP) is 2.85. The number of carbonyl (C=O) groups excluding carboxylic acids is 1. The summed E-state index contributed by atoms with van der Waals surface area (Å²) in [5.74, 6) is 0.503. The SMILES string of the molecule is COC(=O)CCNC1CC(c2cccc(Br)c2)C1. The number of benzene rings is 1. The Hall–Kier alpha value is -0.870. The smallest absolute Gasteiger partial charge is 0.306 e. The van der Waals surface area contributed by atoms with Gasteiger partial charge in [0.2, 0.25) is 0 Å². The molecule has 0 heterocycles. The van der Waals surface area contributed by atoms with Crippen LogP contribution >= 0.6 is 15.9 Å². The number of rotatable bonds is 5. The molecule has 18 heavy (non-hydrogen) atoms. The van der Waals surface area contributed by atoms with E-state index < -0.39 is 0 Å². The van der Waals surface area contributed by atoms with Crippen molar-refractivity contribution in [2.45, 2.75) is 31.2 Å². The van der Waals surface area contributed by atoms with Gasteiger partial charge in [-0.05, 0) is 36.5 Å². The van der Waals surface area contributed by atoms with Gasteiger partial charge in [-0.2, -0.15) is 0 Å². The normalized spacial score (nSPS) is 22.3. The third kappa shape index (κ3) is 3.56. The van der Waals surface area contributed by atoms with Crippen molar-refractivity contribution in [2.24, 2.45) is 0 Å². The molecule has 4 heteroatoms. The van der Waals surface area contributed by atoms with Gasteiger partial charge >= 0.3 is 5.97 Å². The highest BCUT2D eigenvalue weighted by Crippen LogP contribution is 2.37. The topological polar surface area (TPSA) is 38.3 Å². The van der Waals surface area contributed by atoms with E-state index in [1.807, 2.05) is 6.07 Å². The van der Waals surface area contributed by atoms with Gasteiger partial charge in [-0.3, -0.25) is 4.79 Å². The highest BCUT2D eigenvalue weighted by atomic mass is 79.9. The molecule has 1 saturated carbocycles. The van der Waals surface area contributed by atoms with Crippen molar-refractivity contribution in [3.05, 3.63) is 34.3 Å². The highest BCUT2D eigenvalue weighted by molar-refractivity contribution is 9.10. The van der Waals surface area contributed by atoms with E-state index in [4.69, 9.17) is 0 Å². The second-order valence-electron chi connectivity index (χ2n) is 4.70. The highest BCUT2D eigenvalue weighted by Gasteiger charge is 2.29. The Morgan fingerprint density at radius 2 is 2.28 bits per heavy atom. The monoisotopic (exact) mass is 311 g/mol. The number of nitrogens with one attached hydrogen (secondary N) is 1. The van der Waals surface area contributed by atoms with E-state index in [2.05, 4.69) is 44.2 Å². The van der Waals surface area contributed by atoms with Gasteiger partial charge in [0.25, 0.3) is 0 Å². The van der Waals surface area contributed by atoms with Crippen molar-refractivity contribution in [3.8, 4) is 0 Å². The number of hydrogen-bond donors (Lipinski definition) is 1. The minimum Gasteiger partial charge on any atom is -0.469 e. The molecule has 0 saturated heterocycles. The Labute approximate surface area is 116 Å². The minimum atomic E-state index is -0.148.